The molecule has 0 saturated carbocycles. The van der Waals surface area contributed by atoms with Gasteiger partial charge in [-0.15, -0.1) is 0 Å². The second kappa shape index (κ2) is 5.57. The number of esters is 1. The Labute approximate surface area is 113 Å². The Hall–Kier alpha value is -2.29. The number of nitrogens with two attached hydrogens (primary N) is 1. The number of anilines is 1. The number of carbonyl (C=O) groups is 1. The highest BCUT2D eigenvalue weighted by Crippen LogP contribution is 2.14. The molecule has 0 aliphatic carbocycles. The summed E-state index contributed by atoms with van der Waals surface area (Å²) in [5.41, 5.74) is 9.94. The lowest BCUT2D eigenvalue weighted by atomic mass is 10.1. The zero-order chi connectivity index (χ0) is 13.8. The number of ether oxygens (including phenoxy) is 1. The maximum Gasteiger partial charge on any atom is 0.338 e. The van der Waals surface area contributed by atoms with E-state index >= 15 is 0 Å². The summed E-state index contributed by atoms with van der Waals surface area (Å²) in [5, 5.41) is 0. The first-order chi connectivity index (χ1) is 9.06. The van der Waals surface area contributed by atoms with Crippen LogP contribution in [0.25, 0.3) is 0 Å². The van der Waals surface area contributed by atoms with Gasteiger partial charge in [0.2, 0.25) is 0 Å². The van der Waals surface area contributed by atoms with Gasteiger partial charge < -0.3 is 10.5 Å². The molecule has 0 aliphatic rings. The molecule has 3 heteroatoms. The molecule has 0 fully saturated rings. The predicted octanol–water partition coefficient (Wildman–Crippen LogP) is 3.24. The van der Waals surface area contributed by atoms with Crippen LogP contribution in [0, 0.1) is 13.8 Å². The topological polar surface area (TPSA) is 52.3 Å². The molecular formula is C16H17NO2. The van der Waals surface area contributed by atoms with E-state index in [0.29, 0.717) is 11.3 Å². The smallest absolute Gasteiger partial charge is 0.338 e. The fourth-order valence-corrected chi connectivity index (χ4v) is 1.84. The Morgan fingerprint density at radius 3 is 2.63 bits per heavy atom. The van der Waals surface area contributed by atoms with E-state index in [-0.39, 0.29) is 12.6 Å². The van der Waals surface area contributed by atoms with E-state index in [1.807, 2.05) is 38.1 Å². The summed E-state index contributed by atoms with van der Waals surface area (Å²) in [4.78, 5) is 11.9. The van der Waals surface area contributed by atoms with Crippen LogP contribution in [0.3, 0.4) is 0 Å². The average molecular weight is 255 g/mol. The van der Waals surface area contributed by atoms with E-state index in [2.05, 4.69) is 0 Å². The molecule has 3 nitrogen and oxygen atoms in total. The van der Waals surface area contributed by atoms with Crippen LogP contribution in [-0.2, 0) is 11.3 Å². The first kappa shape index (κ1) is 13.1. The molecule has 2 aromatic carbocycles. The van der Waals surface area contributed by atoms with Crippen LogP contribution in [0.15, 0.2) is 42.5 Å². The molecule has 98 valence electrons. The molecular weight excluding hydrogens is 238 g/mol. The third-order valence-electron chi connectivity index (χ3n) is 2.96. The fourth-order valence-electron chi connectivity index (χ4n) is 1.84. The van der Waals surface area contributed by atoms with Gasteiger partial charge in [-0.25, -0.2) is 4.79 Å². The van der Waals surface area contributed by atoms with Crippen LogP contribution in [0.4, 0.5) is 5.69 Å². The maximum absolute atomic E-state index is 11.9. The predicted molar refractivity (Wildman–Crippen MR) is 75.9 cm³/mol. The summed E-state index contributed by atoms with van der Waals surface area (Å²) in [6.45, 7) is 4.16. The second-order valence-corrected chi connectivity index (χ2v) is 4.64. The van der Waals surface area contributed by atoms with Crippen molar-refractivity contribution in [2.45, 2.75) is 20.5 Å². The summed E-state index contributed by atoms with van der Waals surface area (Å²) >= 11 is 0. The van der Waals surface area contributed by atoms with Gasteiger partial charge in [0, 0.05) is 5.69 Å². The zero-order valence-corrected chi connectivity index (χ0v) is 11.1. The number of hydrogen-bond acceptors (Lipinski definition) is 3. The van der Waals surface area contributed by atoms with Crippen molar-refractivity contribution in [1.29, 1.82) is 0 Å². The van der Waals surface area contributed by atoms with E-state index in [9.17, 15) is 4.79 Å². The third kappa shape index (κ3) is 3.35. The number of nitrogen functional groups attached to an aromatic ring is 1. The molecule has 0 aliphatic heterocycles. The average Bonchev–Trinajstić information content (AvgIpc) is 2.39. The van der Waals surface area contributed by atoms with Gasteiger partial charge in [-0.3, -0.25) is 0 Å². The molecule has 2 N–H and O–H groups in total. The summed E-state index contributed by atoms with van der Waals surface area (Å²) in [6.07, 6.45) is 0. The molecule has 0 aromatic heterocycles. The first-order valence-corrected chi connectivity index (χ1v) is 6.15. The molecule has 0 spiro atoms. The number of aryl methyl sites for hydroxylation is 2. The first-order valence-electron chi connectivity index (χ1n) is 6.15. The number of rotatable bonds is 3. The van der Waals surface area contributed by atoms with Crippen LogP contribution in [-0.4, -0.2) is 5.97 Å². The van der Waals surface area contributed by atoms with Crippen LogP contribution in [0.1, 0.15) is 27.0 Å². The van der Waals surface area contributed by atoms with Crippen molar-refractivity contribution < 1.29 is 9.53 Å². The second-order valence-electron chi connectivity index (χ2n) is 4.64. The van der Waals surface area contributed by atoms with Crippen molar-refractivity contribution in [3.8, 4) is 0 Å². The van der Waals surface area contributed by atoms with Crippen molar-refractivity contribution >= 4 is 11.7 Å². The summed E-state index contributed by atoms with van der Waals surface area (Å²) in [5.74, 6) is -0.329. The van der Waals surface area contributed by atoms with Gasteiger partial charge >= 0.3 is 5.97 Å². The van der Waals surface area contributed by atoms with Crippen molar-refractivity contribution in [2.24, 2.45) is 0 Å². The minimum Gasteiger partial charge on any atom is -0.457 e. The minimum absolute atomic E-state index is 0.282. The largest absolute Gasteiger partial charge is 0.457 e. The molecule has 0 saturated heterocycles. The SMILES string of the molecule is Cc1cccc(COC(=O)c2ccc(N)c(C)c2)c1. The molecule has 2 rings (SSSR count). The number of benzene rings is 2. The molecule has 0 amide bonds. The van der Waals surface area contributed by atoms with E-state index in [0.717, 1.165) is 16.7 Å². The van der Waals surface area contributed by atoms with Crippen molar-refractivity contribution in [2.75, 3.05) is 5.73 Å². The van der Waals surface area contributed by atoms with Crippen LogP contribution in [0.2, 0.25) is 0 Å². The van der Waals surface area contributed by atoms with Gasteiger partial charge in [-0.2, -0.15) is 0 Å². The van der Waals surface area contributed by atoms with Crippen molar-refractivity contribution in [1.82, 2.24) is 0 Å². The Morgan fingerprint density at radius 2 is 1.95 bits per heavy atom. The van der Waals surface area contributed by atoms with E-state index < -0.39 is 0 Å². The monoisotopic (exact) mass is 255 g/mol. The minimum atomic E-state index is -0.329. The number of carbonyl (C=O) groups excluding carboxylic acids is 1. The van der Waals surface area contributed by atoms with Crippen LogP contribution in [0.5, 0.6) is 0 Å². The van der Waals surface area contributed by atoms with Crippen LogP contribution >= 0.6 is 0 Å². The van der Waals surface area contributed by atoms with Gasteiger partial charge in [-0.05, 0) is 43.2 Å². The quantitative estimate of drug-likeness (QED) is 0.676. The Balaban J connectivity index is 2.03. The maximum atomic E-state index is 11.9. The van der Waals surface area contributed by atoms with E-state index in [1.165, 1.54) is 0 Å². The summed E-state index contributed by atoms with van der Waals surface area (Å²) in [6, 6.07) is 13.0. The third-order valence-corrected chi connectivity index (χ3v) is 2.96. The van der Waals surface area contributed by atoms with E-state index in [4.69, 9.17) is 10.5 Å². The van der Waals surface area contributed by atoms with Gasteiger partial charge in [-0.1, -0.05) is 29.8 Å². The summed E-state index contributed by atoms with van der Waals surface area (Å²) < 4.78 is 5.28. The van der Waals surface area contributed by atoms with Gasteiger partial charge in [0.05, 0.1) is 5.56 Å². The molecule has 0 atom stereocenters. The van der Waals surface area contributed by atoms with Crippen molar-refractivity contribution in [3.63, 3.8) is 0 Å². The molecule has 0 radical (unpaired) electrons. The molecule has 0 bridgehead atoms. The lowest BCUT2D eigenvalue weighted by molar-refractivity contribution is 0.0472. The van der Waals surface area contributed by atoms with E-state index in [1.54, 1.807) is 18.2 Å². The molecule has 2 aromatic rings. The zero-order valence-electron chi connectivity index (χ0n) is 11.1. The number of hydrogen-bond donors (Lipinski definition) is 1. The Bertz CT molecular complexity index is 605. The highest BCUT2D eigenvalue weighted by Gasteiger charge is 2.08. The molecule has 0 unspecified atom stereocenters. The Morgan fingerprint density at radius 1 is 1.16 bits per heavy atom. The van der Waals surface area contributed by atoms with Crippen molar-refractivity contribution in [3.05, 3.63) is 64.7 Å². The highest BCUT2D eigenvalue weighted by atomic mass is 16.5. The lowest BCUT2D eigenvalue weighted by Gasteiger charge is -2.07. The lowest BCUT2D eigenvalue weighted by Crippen LogP contribution is -2.06. The normalized spacial score (nSPS) is 10.2. The van der Waals surface area contributed by atoms with Gasteiger partial charge in [0.15, 0.2) is 0 Å². The highest BCUT2D eigenvalue weighted by molar-refractivity contribution is 5.90. The van der Waals surface area contributed by atoms with Gasteiger partial charge in [0.25, 0.3) is 0 Å². The van der Waals surface area contributed by atoms with Crippen LogP contribution < -0.4 is 5.73 Å². The fraction of sp³-hybridized carbons (Fsp3) is 0.188. The Kier molecular flexibility index (Phi) is 3.85. The molecule has 0 heterocycles. The van der Waals surface area contributed by atoms with Gasteiger partial charge in [0.1, 0.15) is 6.61 Å². The molecule has 19 heavy (non-hydrogen) atoms. The standard InChI is InChI=1S/C16H17NO2/c1-11-4-3-5-13(8-11)10-19-16(18)14-6-7-15(17)12(2)9-14/h3-9H,10,17H2,1-2H3. The summed E-state index contributed by atoms with van der Waals surface area (Å²) in [7, 11) is 0.